The van der Waals surface area contributed by atoms with Gasteiger partial charge in [-0.1, -0.05) is 190 Å². The number of unbranched alkanes of at least 4 members (excludes halogenated alkanes) is 19. The molecule has 0 aromatic rings. The molecular formula is C51H88O5. The first-order valence-electron chi connectivity index (χ1n) is 23.5. The average Bonchev–Trinajstić information content (AvgIpc) is 3.20. The maximum Gasteiger partial charge on any atom is 0.306 e. The molecule has 5 nitrogen and oxygen atoms in total. The molecule has 0 bridgehead atoms. The molecule has 1 unspecified atom stereocenters. The molecule has 0 aliphatic heterocycles. The SMILES string of the molecule is CC/C=C\C/C=C\C/C=C\CCCCCCCCCC(=O)OCC(COCCCCCCCCCC)OC(=O)CCCCCCC/C=C\C/C=C\C/C=C\CC. The topological polar surface area (TPSA) is 61.8 Å². The third-order valence-electron chi connectivity index (χ3n) is 9.74. The van der Waals surface area contributed by atoms with Crippen molar-refractivity contribution in [2.24, 2.45) is 0 Å². The maximum absolute atomic E-state index is 12.7. The largest absolute Gasteiger partial charge is 0.462 e. The number of esters is 2. The van der Waals surface area contributed by atoms with Crippen LogP contribution in [0.25, 0.3) is 0 Å². The van der Waals surface area contributed by atoms with E-state index in [2.05, 4.69) is 93.7 Å². The van der Waals surface area contributed by atoms with Gasteiger partial charge in [-0.05, 0) is 83.5 Å². The van der Waals surface area contributed by atoms with Gasteiger partial charge in [-0.25, -0.2) is 0 Å². The summed E-state index contributed by atoms with van der Waals surface area (Å²) in [7, 11) is 0. The fourth-order valence-corrected chi connectivity index (χ4v) is 6.30. The first-order valence-corrected chi connectivity index (χ1v) is 23.5. The van der Waals surface area contributed by atoms with Crippen LogP contribution in [0.3, 0.4) is 0 Å². The van der Waals surface area contributed by atoms with Crippen LogP contribution >= 0.6 is 0 Å². The lowest BCUT2D eigenvalue weighted by Crippen LogP contribution is -2.30. The van der Waals surface area contributed by atoms with Crippen LogP contribution < -0.4 is 0 Å². The predicted molar refractivity (Wildman–Crippen MR) is 242 cm³/mol. The van der Waals surface area contributed by atoms with Gasteiger partial charge in [0.25, 0.3) is 0 Å². The summed E-state index contributed by atoms with van der Waals surface area (Å²) in [6.45, 7) is 7.56. The fourth-order valence-electron chi connectivity index (χ4n) is 6.30. The van der Waals surface area contributed by atoms with Gasteiger partial charge in [0.05, 0.1) is 6.61 Å². The van der Waals surface area contributed by atoms with Gasteiger partial charge in [0, 0.05) is 19.4 Å². The van der Waals surface area contributed by atoms with E-state index in [-0.39, 0.29) is 25.2 Å². The monoisotopic (exact) mass is 781 g/mol. The number of allylic oxidation sites excluding steroid dienone is 12. The average molecular weight is 781 g/mol. The van der Waals surface area contributed by atoms with Crippen LogP contribution in [0.2, 0.25) is 0 Å². The Balaban J connectivity index is 4.23. The lowest BCUT2D eigenvalue weighted by Gasteiger charge is -2.18. The Morgan fingerprint density at radius 2 is 0.804 bits per heavy atom. The van der Waals surface area contributed by atoms with Crippen molar-refractivity contribution in [1.29, 1.82) is 0 Å². The quantitative estimate of drug-likeness (QED) is 0.0351. The zero-order chi connectivity index (χ0) is 40.7. The molecule has 0 saturated carbocycles. The van der Waals surface area contributed by atoms with Gasteiger partial charge >= 0.3 is 11.9 Å². The summed E-state index contributed by atoms with van der Waals surface area (Å²) in [5.74, 6) is -0.429. The minimum atomic E-state index is -0.547. The zero-order valence-electron chi connectivity index (χ0n) is 36.9. The van der Waals surface area contributed by atoms with E-state index in [1.165, 1.54) is 77.0 Å². The second-order valence-corrected chi connectivity index (χ2v) is 15.3. The Kier molecular flexibility index (Phi) is 44.5. The molecule has 1 atom stereocenters. The number of ether oxygens (including phenoxy) is 3. The van der Waals surface area contributed by atoms with Crippen LogP contribution in [-0.4, -0.2) is 37.9 Å². The predicted octanol–water partition coefficient (Wildman–Crippen LogP) is 15.6. The van der Waals surface area contributed by atoms with Crippen molar-refractivity contribution in [3.8, 4) is 0 Å². The second-order valence-electron chi connectivity index (χ2n) is 15.3. The highest BCUT2D eigenvalue weighted by Gasteiger charge is 2.17. The highest BCUT2D eigenvalue weighted by Crippen LogP contribution is 2.13. The first kappa shape index (κ1) is 53.3. The van der Waals surface area contributed by atoms with Crippen LogP contribution in [0.4, 0.5) is 0 Å². The molecular weight excluding hydrogens is 693 g/mol. The summed E-state index contributed by atoms with van der Waals surface area (Å²) in [5, 5.41) is 0. The van der Waals surface area contributed by atoms with E-state index in [0.717, 1.165) is 103 Å². The highest BCUT2D eigenvalue weighted by molar-refractivity contribution is 5.70. The summed E-state index contributed by atoms with van der Waals surface area (Å²) in [4.78, 5) is 25.3. The molecule has 0 aromatic heterocycles. The zero-order valence-corrected chi connectivity index (χ0v) is 36.9. The minimum absolute atomic E-state index is 0.0717. The highest BCUT2D eigenvalue weighted by atomic mass is 16.6. The number of hydrogen-bond acceptors (Lipinski definition) is 5. The number of rotatable bonds is 42. The Morgan fingerprint density at radius 3 is 1.29 bits per heavy atom. The Bertz CT molecular complexity index is 1020. The third-order valence-corrected chi connectivity index (χ3v) is 9.74. The smallest absolute Gasteiger partial charge is 0.306 e. The molecule has 0 spiro atoms. The third kappa shape index (κ3) is 44.1. The summed E-state index contributed by atoms with van der Waals surface area (Å²) in [6, 6.07) is 0. The fraction of sp³-hybridized carbons (Fsp3) is 0.725. The first-order chi connectivity index (χ1) is 27.6. The molecule has 5 heteroatoms. The summed E-state index contributed by atoms with van der Waals surface area (Å²) >= 11 is 0. The van der Waals surface area contributed by atoms with Gasteiger partial charge in [-0.3, -0.25) is 9.59 Å². The Morgan fingerprint density at radius 1 is 0.411 bits per heavy atom. The molecule has 0 aliphatic carbocycles. The molecule has 0 radical (unpaired) electrons. The number of hydrogen-bond donors (Lipinski definition) is 0. The van der Waals surface area contributed by atoms with Gasteiger partial charge in [-0.2, -0.15) is 0 Å². The van der Waals surface area contributed by atoms with E-state index in [9.17, 15) is 9.59 Å². The Hall–Kier alpha value is -2.66. The van der Waals surface area contributed by atoms with E-state index in [4.69, 9.17) is 14.2 Å². The van der Waals surface area contributed by atoms with Gasteiger partial charge in [0.1, 0.15) is 6.61 Å². The van der Waals surface area contributed by atoms with Gasteiger partial charge in [0.2, 0.25) is 0 Å². The van der Waals surface area contributed by atoms with Crippen molar-refractivity contribution in [2.45, 2.75) is 219 Å². The van der Waals surface area contributed by atoms with Crippen molar-refractivity contribution >= 4 is 11.9 Å². The minimum Gasteiger partial charge on any atom is -0.462 e. The molecule has 0 N–H and O–H groups in total. The van der Waals surface area contributed by atoms with Crippen LogP contribution in [0, 0.1) is 0 Å². The lowest BCUT2D eigenvalue weighted by molar-refractivity contribution is -0.163. The molecule has 322 valence electrons. The van der Waals surface area contributed by atoms with E-state index in [1.54, 1.807) is 0 Å². The molecule has 0 aromatic carbocycles. The standard InChI is InChI=1S/C51H88O5/c1-4-7-10-13-16-19-21-23-25-26-28-29-31-33-35-38-41-44-50(52)55-48-49(47-54-46-43-40-37-18-15-12-9-6-3)56-51(53)45-42-39-36-34-32-30-27-24-22-20-17-14-11-8-5-2/h7-8,10-11,16-17,19-20,23-25,27,49H,4-6,9,12-15,18,21-22,26,28-48H2,1-3H3/b10-7-,11-8-,19-16-,20-17-,25-23-,27-24-. The van der Waals surface area contributed by atoms with Gasteiger partial charge < -0.3 is 14.2 Å². The van der Waals surface area contributed by atoms with Crippen molar-refractivity contribution in [1.82, 2.24) is 0 Å². The van der Waals surface area contributed by atoms with Crippen molar-refractivity contribution in [2.75, 3.05) is 19.8 Å². The summed E-state index contributed by atoms with van der Waals surface area (Å²) in [6.07, 6.45) is 59.0. The van der Waals surface area contributed by atoms with Gasteiger partial charge in [0.15, 0.2) is 6.10 Å². The summed E-state index contributed by atoms with van der Waals surface area (Å²) in [5.41, 5.74) is 0. The molecule has 0 amide bonds. The normalized spacial score (nSPS) is 12.8. The van der Waals surface area contributed by atoms with E-state index < -0.39 is 6.10 Å². The molecule has 0 saturated heterocycles. The van der Waals surface area contributed by atoms with Crippen molar-refractivity contribution < 1.29 is 23.8 Å². The van der Waals surface area contributed by atoms with Gasteiger partial charge in [-0.15, -0.1) is 0 Å². The number of carbonyl (C=O) groups excluding carboxylic acids is 2. The number of carbonyl (C=O) groups is 2. The van der Waals surface area contributed by atoms with E-state index in [1.807, 2.05) is 0 Å². The lowest BCUT2D eigenvalue weighted by atomic mass is 10.1. The molecule has 0 fully saturated rings. The van der Waals surface area contributed by atoms with E-state index >= 15 is 0 Å². The Labute approximate surface area is 347 Å². The molecule has 56 heavy (non-hydrogen) atoms. The molecule has 0 rings (SSSR count). The second kappa shape index (κ2) is 46.7. The van der Waals surface area contributed by atoms with Crippen LogP contribution in [0.15, 0.2) is 72.9 Å². The maximum atomic E-state index is 12.7. The van der Waals surface area contributed by atoms with Crippen LogP contribution in [0.5, 0.6) is 0 Å². The van der Waals surface area contributed by atoms with Crippen molar-refractivity contribution in [3.63, 3.8) is 0 Å². The van der Waals surface area contributed by atoms with Crippen LogP contribution in [-0.2, 0) is 23.8 Å². The summed E-state index contributed by atoms with van der Waals surface area (Å²) < 4.78 is 17.3. The van der Waals surface area contributed by atoms with Crippen LogP contribution in [0.1, 0.15) is 213 Å². The van der Waals surface area contributed by atoms with E-state index in [0.29, 0.717) is 19.4 Å². The molecule has 0 aliphatic rings. The molecule has 0 heterocycles. The van der Waals surface area contributed by atoms with Crippen molar-refractivity contribution in [3.05, 3.63) is 72.9 Å².